The third kappa shape index (κ3) is 2.61. The molecule has 0 saturated carbocycles. The first-order chi connectivity index (χ1) is 10.7. The molecular formula is C20H22O2. The topological polar surface area (TPSA) is 29.5 Å². The average Bonchev–Trinajstić information content (AvgIpc) is 2.74. The number of methoxy groups -OCH3 is 1. The van der Waals surface area contributed by atoms with E-state index in [9.17, 15) is 5.11 Å². The molecule has 0 fully saturated rings. The van der Waals surface area contributed by atoms with Gasteiger partial charge in [-0.25, -0.2) is 0 Å². The number of rotatable bonds is 3. The molecule has 0 bridgehead atoms. The maximum atomic E-state index is 9.54. The smallest absolute Gasteiger partial charge is 0.119 e. The predicted molar refractivity (Wildman–Crippen MR) is 89.6 cm³/mol. The number of fused-ring (bicyclic) bond motifs is 1. The summed E-state index contributed by atoms with van der Waals surface area (Å²) >= 11 is 0. The lowest BCUT2D eigenvalue weighted by molar-refractivity contribution is 0.414. The Morgan fingerprint density at radius 3 is 2.59 bits per heavy atom. The van der Waals surface area contributed by atoms with E-state index in [4.69, 9.17) is 4.74 Å². The maximum absolute atomic E-state index is 9.54. The van der Waals surface area contributed by atoms with Gasteiger partial charge in [-0.15, -0.1) is 6.58 Å². The molecule has 2 aromatic rings. The largest absolute Gasteiger partial charge is 0.508 e. The highest BCUT2D eigenvalue weighted by Crippen LogP contribution is 2.39. The molecule has 0 aliphatic heterocycles. The van der Waals surface area contributed by atoms with E-state index in [-0.39, 0.29) is 5.41 Å². The van der Waals surface area contributed by atoms with Crippen molar-refractivity contribution in [2.75, 3.05) is 7.11 Å². The van der Waals surface area contributed by atoms with Crippen LogP contribution in [-0.4, -0.2) is 12.2 Å². The molecule has 22 heavy (non-hydrogen) atoms. The van der Waals surface area contributed by atoms with Gasteiger partial charge in [-0.2, -0.15) is 0 Å². The Hall–Kier alpha value is -2.22. The number of ether oxygens (including phenoxy) is 1. The lowest BCUT2D eigenvalue weighted by atomic mass is 9.73. The summed E-state index contributed by atoms with van der Waals surface area (Å²) in [5.74, 6) is 1.23. The molecule has 2 aromatic carbocycles. The zero-order chi connectivity index (χ0) is 15.6. The molecule has 1 N–H and O–H groups in total. The number of benzene rings is 2. The summed E-state index contributed by atoms with van der Waals surface area (Å²) < 4.78 is 5.35. The first-order valence-electron chi connectivity index (χ1n) is 7.76. The van der Waals surface area contributed by atoms with Crippen LogP contribution in [0.5, 0.6) is 11.5 Å². The number of aromatic hydroxyl groups is 1. The minimum Gasteiger partial charge on any atom is -0.508 e. The second-order valence-corrected chi connectivity index (χ2v) is 6.07. The molecule has 3 rings (SSSR count). The second-order valence-electron chi connectivity index (χ2n) is 6.07. The van der Waals surface area contributed by atoms with E-state index in [1.165, 1.54) is 16.7 Å². The average molecular weight is 294 g/mol. The molecule has 0 amide bonds. The summed E-state index contributed by atoms with van der Waals surface area (Å²) in [6, 6.07) is 13.9. The van der Waals surface area contributed by atoms with Gasteiger partial charge in [-0.05, 0) is 66.6 Å². The van der Waals surface area contributed by atoms with Crippen LogP contribution < -0.4 is 4.74 Å². The van der Waals surface area contributed by atoms with Crippen molar-refractivity contribution < 1.29 is 9.84 Å². The number of allylic oxidation sites excluding steroid dienone is 1. The fraction of sp³-hybridized carbons (Fsp3) is 0.300. The molecule has 1 aliphatic rings. The quantitative estimate of drug-likeness (QED) is 0.671. The summed E-state index contributed by atoms with van der Waals surface area (Å²) in [7, 11) is 1.71. The molecule has 1 aliphatic carbocycles. The van der Waals surface area contributed by atoms with Crippen LogP contribution in [-0.2, 0) is 18.3 Å². The Labute approximate surface area is 132 Å². The molecule has 0 saturated heterocycles. The second kappa shape index (κ2) is 5.88. The summed E-state index contributed by atoms with van der Waals surface area (Å²) in [5, 5.41) is 9.54. The molecule has 0 spiro atoms. The standard InChI is InChI=1S/C20H22O2/c1-3-20(17-7-9-18(21)10-8-17)12-4-5-15-13-19(22-2)11-6-16(15)14-20/h3,6-11,13,21H,1,4-5,12,14H2,2H3. The fourth-order valence-corrected chi connectivity index (χ4v) is 3.49. The Bertz CT molecular complexity index is 673. The third-order valence-electron chi connectivity index (χ3n) is 4.82. The van der Waals surface area contributed by atoms with Crippen molar-refractivity contribution in [2.45, 2.75) is 31.1 Å². The van der Waals surface area contributed by atoms with Crippen molar-refractivity contribution in [3.8, 4) is 11.5 Å². The number of phenols is 1. The van der Waals surface area contributed by atoms with E-state index in [0.29, 0.717) is 5.75 Å². The molecule has 114 valence electrons. The van der Waals surface area contributed by atoms with E-state index >= 15 is 0 Å². The van der Waals surface area contributed by atoms with E-state index in [0.717, 1.165) is 31.4 Å². The molecule has 0 aromatic heterocycles. The van der Waals surface area contributed by atoms with Gasteiger partial charge in [0.05, 0.1) is 7.11 Å². The zero-order valence-corrected chi connectivity index (χ0v) is 13.0. The van der Waals surface area contributed by atoms with Crippen LogP contribution in [0.1, 0.15) is 29.5 Å². The maximum Gasteiger partial charge on any atom is 0.119 e. The van der Waals surface area contributed by atoms with Crippen LogP contribution >= 0.6 is 0 Å². The minimum absolute atomic E-state index is 0.0620. The van der Waals surface area contributed by atoms with E-state index in [1.807, 2.05) is 18.2 Å². The van der Waals surface area contributed by atoms with E-state index < -0.39 is 0 Å². The van der Waals surface area contributed by atoms with E-state index in [2.05, 4.69) is 24.8 Å². The molecule has 2 heteroatoms. The number of aryl methyl sites for hydroxylation is 1. The summed E-state index contributed by atoms with van der Waals surface area (Å²) in [6.45, 7) is 4.12. The van der Waals surface area contributed by atoms with Crippen molar-refractivity contribution in [3.05, 3.63) is 71.8 Å². The fourth-order valence-electron chi connectivity index (χ4n) is 3.49. The van der Waals surface area contributed by atoms with Gasteiger partial charge >= 0.3 is 0 Å². The molecule has 1 atom stereocenters. The highest BCUT2D eigenvalue weighted by Gasteiger charge is 2.31. The molecule has 2 nitrogen and oxygen atoms in total. The predicted octanol–water partition coefficient (Wildman–Crippen LogP) is 4.40. The number of hydrogen-bond donors (Lipinski definition) is 1. The lowest BCUT2D eigenvalue weighted by Crippen LogP contribution is -2.25. The van der Waals surface area contributed by atoms with Crippen LogP contribution in [0.2, 0.25) is 0 Å². The van der Waals surface area contributed by atoms with Crippen molar-refractivity contribution in [1.29, 1.82) is 0 Å². The molecule has 0 radical (unpaired) electrons. The number of hydrogen-bond acceptors (Lipinski definition) is 2. The van der Waals surface area contributed by atoms with Crippen LogP contribution in [0.3, 0.4) is 0 Å². The molecular weight excluding hydrogens is 272 g/mol. The zero-order valence-electron chi connectivity index (χ0n) is 13.0. The van der Waals surface area contributed by atoms with E-state index in [1.54, 1.807) is 19.2 Å². The first kappa shape index (κ1) is 14.7. The van der Waals surface area contributed by atoms with Gasteiger partial charge in [0.2, 0.25) is 0 Å². The molecule has 1 unspecified atom stereocenters. The molecule has 0 heterocycles. The summed E-state index contributed by atoms with van der Waals surface area (Å²) in [5.41, 5.74) is 3.91. The normalized spacial score (nSPS) is 20.8. The van der Waals surface area contributed by atoms with Gasteiger partial charge in [0, 0.05) is 5.41 Å². The van der Waals surface area contributed by atoms with Gasteiger partial charge in [-0.3, -0.25) is 0 Å². The van der Waals surface area contributed by atoms with Crippen molar-refractivity contribution in [2.24, 2.45) is 0 Å². The highest BCUT2D eigenvalue weighted by molar-refractivity contribution is 5.43. The van der Waals surface area contributed by atoms with Crippen LogP contribution in [0.4, 0.5) is 0 Å². The Kier molecular flexibility index (Phi) is 3.93. The lowest BCUT2D eigenvalue weighted by Gasteiger charge is -2.30. The Balaban J connectivity index is 2.02. The van der Waals surface area contributed by atoms with Crippen molar-refractivity contribution >= 4 is 0 Å². The third-order valence-corrected chi connectivity index (χ3v) is 4.82. The van der Waals surface area contributed by atoms with Crippen LogP contribution in [0, 0.1) is 0 Å². The van der Waals surface area contributed by atoms with Gasteiger partial charge in [-0.1, -0.05) is 24.3 Å². The Morgan fingerprint density at radius 1 is 1.14 bits per heavy atom. The van der Waals surface area contributed by atoms with Crippen molar-refractivity contribution in [3.63, 3.8) is 0 Å². The van der Waals surface area contributed by atoms with Gasteiger partial charge in [0.15, 0.2) is 0 Å². The highest BCUT2D eigenvalue weighted by atomic mass is 16.5. The van der Waals surface area contributed by atoms with Gasteiger partial charge < -0.3 is 9.84 Å². The SMILES string of the molecule is C=CC1(c2ccc(O)cc2)CCCc2cc(OC)ccc2C1. The van der Waals surface area contributed by atoms with Gasteiger partial charge in [0.25, 0.3) is 0 Å². The number of phenolic OH excluding ortho intramolecular Hbond substituents is 1. The monoisotopic (exact) mass is 294 g/mol. The summed E-state index contributed by atoms with van der Waals surface area (Å²) in [4.78, 5) is 0. The van der Waals surface area contributed by atoms with Crippen LogP contribution in [0.25, 0.3) is 0 Å². The summed E-state index contributed by atoms with van der Waals surface area (Å²) in [6.07, 6.45) is 6.28. The van der Waals surface area contributed by atoms with Crippen molar-refractivity contribution in [1.82, 2.24) is 0 Å². The van der Waals surface area contributed by atoms with Crippen LogP contribution in [0.15, 0.2) is 55.1 Å². The minimum atomic E-state index is -0.0620. The van der Waals surface area contributed by atoms with Gasteiger partial charge in [0.1, 0.15) is 11.5 Å². The first-order valence-corrected chi connectivity index (χ1v) is 7.76. The Morgan fingerprint density at radius 2 is 1.91 bits per heavy atom.